The lowest BCUT2D eigenvalue weighted by molar-refractivity contribution is -0.161. The van der Waals surface area contributed by atoms with Gasteiger partial charge in [0, 0.05) is 25.7 Å². The number of carbonyl (C=O) groups excluding carboxylic acids is 4. The zero-order chi connectivity index (χ0) is 77.6. The fourth-order valence-electron chi connectivity index (χ4n) is 13.1. The minimum absolute atomic E-state index is 0.0850. The van der Waals surface area contributed by atoms with Crippen LogP contribution >= 0.6 is 15.6 Å². The highest BCUT2D eigenvalue weighted by atomic mass is 31.2. The summed E-state index contributed by atoms with van der Waals surface area (Å²) in [6, 6.07) is 0. The van der Waals surface area contributed by atoms with E-state index >= 15 is 0 Å². The Kier molecular flexibility index (Phi) is 77.4. The van der Waals surface area contributed by atoms with E-state index in [0.29, 0.717) is 25.7 Å². The number of phosphoric acid groups is 2. The predicted molar refractivity (Wildman–Crippen MR) is 437 cm³/mol. The zero-order valence-electron chi connectivity index (χ0n) is 69.1. The van der Waals surface area contributed by atoms with Crippen LogP contribution < -0.4 is 0 Å². The van der Waals surface area contributed by atoms with Crippen LogP contribution in [0.1, 0.15) is 446 Å². The minimum Gasteiger partial charge on any atom is -0.462 e. The summed E-state index contributed by atoms with van der Waals surface area (Å²) in [5.41, 5.74) is 0. The Morgan fingerprint density at radius 2 is 0.509 bits per heavy atom. The number of aliphatic hydroxyl groups excluding tert-OH is 1. The second-order valence-electron chi connectivity index (χ2n) is 31.1. The maximum absolute atomic E-state index is 13.2. The number of aliphatic hydroxyl groups is 1. The van der Waals surface area contributed by atoms with Gasteiger partial charge in [-0.05, 0) is 57.3 Å². The van der Waals surface area contributed by atoms with Crippen LogP contribution in [0, 0.1) is 5.92 Å². The molecule has 0 bridgehead atoms. The molecule has 0 fully saturated rings. The monoisotopic (exact) mass is 1550 g/mol. The van der Waals surface area contributed by atoms with Gasteiger partial charge in [-0.2, -0.15) is 0 Å². The van der Waals surface area contributed by atoms with Gasteiger partial charge in [0.15, 0.2) is 12.2 Å². The molecule has 0 aliphatic heterocycles. The fourth-order valence-corrected chi connectivity index (χ4v) is 14.7. The van der Waals surface area contributed by atoms with Crippen molar-refractivity contribution in [3.05, 3.63) is 24.3 Å². The zero-order valence-corrected chi connectivity index (χ0v) is 70.9. The maximum Gasteiger partial charge on any atom is 0.472 e. The van der Waals surface area contributed by atoms with Crippen molar-refractivity contribution in [3.8, 4) is 0 Å². The van der Waals surface area contributed by atoms with Crippen LogP contribution in [-0.4, -0.2) is 96.7 Å². The Labute approximate surface area is 650 Å². The van der Waals surface area contributed by atoms with Gasteiger partial charge in [-0.25, -0.2) is 9.13 Å². The van der Waals surface area contributed by atoms with Crippen molar-refractivity contribution in [2.75, 3.05) is 39.6 Å². The third-order valence-electron chi connectivity index (χ3n) is 19.9. The van der Waals surface area contributed by atoms with Gasteiger partial charge < -0.3 is 33.8 Å². The number of hydrogen-bond donors (Lipinski definition) is 3. The SMILES string of the molecule is CCCCCC/C=C\C=C/CCCCCCCC(=O)O[C@H](COC(=O)CCCCCCCCCCC(C)C)COP(=O)(O)OC[C@H](O)COP(=O)(O)OC[C@@H](COC(=O)CCCCCCCCCCCCCCCCCCCC)OC(=O)CCCCCCCCCCCCCCCCCCCCCCCC. The molecule has 0 aromatic carbocycles. The van der Waals surface area contributed by atoms with Gasteiger partial charge in [0.2, 0.25) is 0 Å². The fraction of sp³-hybridized carbons (Fsp3) is 0.908. The van der Waals surface area contributed by atoms with E-state index in [1.165, 1.54) is 257 Å². The van der Waals surface area contributed by atoms with Crippen LogP contribution in [0.2, 0.25) is 0 Å². The summed E-state index contributed by atoms with van der Waals surface area (Å²) in [7, 11) is -9.94. The molecule has 2 unspecified atom stereocenters. The van der Waals surface area contributed by atoms with Gasteiger partial charge in [-0.3, -0.25) is 37.3 Å². The normalized spacial score (nSPS) is 13.9. The first-order valence-corrected chi connectivity index (χ1v) is 47.4. The Morgan fingerprint density at radius 3 is 0.774 bits per heavy atom. The largest absolute Gasteiger partial charge is 0.472 e. The van der Waals surface area contributed by atoms with E-state index in [-0.39, 0.29) is 25.7 Å². The molecule has 3 N–H and O–H groups in total. The molecule has 0 rings (SSSR count). The van der Waals surface area contributed by atoms with Crippen LogP contribution in [-0.2, 0) is 65.4 Å². The van der Waals surface area contributed by atoms with Gasteiger partial charge in [-0.15, -0.1) is 0 Å². The molecule has 0 aliphatic rings. The molecule has 0 aromatic rings. The molecule has 0 amide bonds. The number of hydrogen-bond acceptors (Lipinski definition) is 15. The molecule has 626 valence electrons. The van der Waals surface area contributed by atoms with Crippen molar-refractivity contribution < 1.29 is 80.2 Å². The van der Waals surface area contributed by atoms with E-state index in [4.69, 9.17) is 37.0 Å². The second-order valence-corrected chi connectivity index (χ2v) is 34.0. The summed E-state index contributed by atoms with van der Waals surface area (Å²) in [5.74, 6) is -1.41. The van der Waals surface area contributed by atoms with Gasteiger partial charge in [-0.1, -0.05) is 393 Å². The molecule has 0 spiro atoms. The van der Waals surface area contributed by atoms with E-state index < -0.39 is 97.5 Å². The van der Waals surface area contributed by atoms with Crippen molar-refractivity contribution >= 4 is 39.5 Å². The standard InChI is InChI=1S/C87H166O17P2/c1-6-9-12-15-18-21-24-27-30-32-34-35-36-37-39-42-45-48-51-58-63-68-73-86(91)103-82(76-97-84(89)70-65-60-55-49-46-43-41-38-33-31-28-25-22-19-16-13-10-7-2)78-101-105(93,94)99-74-81(88)75-100-106(95,96)102-79-83(77-98-85(90)71-66-61-56-53-52-54-59-64-69-80(4)5)104-87(92)72-67-62-57-50-47-44-40-29-26-23-20-17-14-11-8-3/h23,26,29,40,80-83,88H,6-22,24-25,27-28,30-39,41-79H2,1-5H3,(H,93,94)(H,95,96)/b26-23-,40-29-/t81-,82-,83-/m1/s1. The number of allylic oxidation sites excluding steroid dienone is 4. The molecule has 5 atom stereocenters. The first-order valence-electron chi connectivity index (χ1n) is 44.5. The van der Waals surface area contributed by atoms with Crippen LogP contribution in [0.25, 0.3) is 0 Å². The van der Waals surface area contributed by atoms with Crippen molar-refractivity contribution in [1.82, 2.24) is 0 Å². The highest BCUT2D eigenvalue weighted by Crippen LogP contribution is 2.45. The van der Waals surface area contributed by atoms with Crippen LogP contribution in [0.5, 0.6) is 0 Å². The van der Waals surface area contributed by atoms with Crippen LogP contribution in [0.15, 0.2) is 24.3 Å². The minimum atomic E-state index is -4.97. The summed E-state index contributed by atoms with van der Waals surface area (Å²) < 4.78 is 68.9. The number of phosphoric ester groups is 2. The van der Waals surface area contributed by atoms with Gasteiger partial charge in [0.25, 0.3) is 0 Å². The van der Waals surface area contributed by atoms with Gasteiger partial charge >= 0.3 is 39.5 Å². The lowest BCUT2D eigenvalue weighted by Gasteiger charge is -2.21. The van der Waals surface area contributed by atoms with E-state index in [1.54, 1.807) is 0 Å². The molecule has 0 aromatic heterocycles. The summed E-state index contributed by atoms with van der Waals surface area (Å²) in [6.45, 7) is 7.26. The number of unbranched alkanes of at least 4 members (excludes halogenated alkanes) is 54. The topological polar surface area (TPSA) is 237 Å². The summed E-state index contributed by atoms with van der Waals surface area (Å²) >= 11 is 0. The molecular formula is C87H166O17P2. The summed E-state index contributed by atoms with van der Waals surface area (Å²) in [6.07, 6.45) is 76.0. The Hall–Kier alpha value is -2.46. The molecule has 0 saturated heterocycles. The lowest BCUT2D eigenvalue weighted by Crippen LogP contribution is -2.30. The van der Waals surface area contributed by atoms with Crippen molar-refractivity contribution in [1.29, 1.82) is 0 Å². The quantitative estimate of drug-likeness (QED) is 0.0169. The number of carbonyl (C=O) groups is 4. The van der Waals surface area contributed by atoms with E-state index in [0.717, 1.165) is 109 Å². The van der Waals surface area contributed by atoms with E-state index in [1.807, 2.05) is 0 Å². The third kappa shape index (κ3) is 79.6. The molecule has 0 radical (unpaired) electrons. The van der Waals surface area contributed by atoms with Gasteiger partial charge in [0.05, 0.1) is 26.4 Å². The predicted octanol–water partition coefficient (Wildman–Crippen LogP) is 26.3. The molecule has 0 heterocycles. The number of ether oxygens (including phenoxy) is 4. The van der Waals surface area contributed by atoms with Crippen molar-refractivity contribution in [2.24, 2.45) is 5.92 Å². The lowest BCUT2D eigenvalue weighted by atomic mass is 10.0. The Morgan fingerprint density at radius 1 is 0.292 bits per heavy atom. The highest BCUT2D eigenvalue weighted by molar-refractivity contribution is 7.47. The molecular weight excluding hydrogens is 1380 g/mol. The Bertz CT molecular complexity index is 2110. The second kappa shape index (κ2) is 79.2. The van der Waals surface area contributed by atoms with Crippen LogP contribution in [0.3, 0.4) is 0 Å². The van der Waals surface area contributed by atoms with Crippen molar-refractivity contribution in [3.63, 3.8) is 0 Å². The van der Waals surface area contributed by atoms with Gasteiger partial charge in [0.1, 0.15) is 19.3 Å². The first-order chi connectivity index (χ1) is 51.5. The average molecular weight is 1550 g/mol. The molecule has 17 nitrogen and oxygen atoms in total. The highest BCUT2D eigenvalue weighted by Gasteiger charge is 2.30. The number of rotatable bonds is 85. The van der Waals surface area contributed by atoms with E-state index in [9.17, 15) is 43.2 Å². The Balaban J connectivity index is 5.25. The first kappa shape index (κ1) is 104. The van der Waals surface area contributed by atoms with Crippen molar-refractivity contribution in [2.45, 2.75) is 464 Å². The smallest absolute Gasteiger partial charge is 0.462 e. The summed E-state index contributed by atoms with van der Waals surface area (Å²) in [4.78, 5) is 73.2. The average Bonchev–Trinajstić information content (AvgIpc) is 0.899. The third-order valence-corrected chi connectivity index (χ3v) is 21.8. The van der Waals surface area contributed by atoms with E-state index in [2.05, 4.69) is 58.9 Å². The maximum atomic E-state index is 13.2. The van der Waals surface area contributed by atoms with Crippen LogP contribution in [0.4, 0.5) is 0 Å². The molecule has 106 heavy (non-hydrogen) atoms. The summed E-state index contributed by atoms with van der Waals surface area (Å²) in [5, 5.41) is 10.7. The molecule has 0 aliphatic carbocycles. The molecule has 19 heteroatoms. The number of esters is 4. The molecule has 0 saturated carbocycles.